The third-order valence-electron chi connectivity index (χ3n) is 1.35. The van der Waals surface area contributed by atoms with E-state index in [9.17, 15) is 14.9 Å². The van der Waals surface area contributed by atoms with Crippen LogP contribution in [0, 0.1) is 10.1 Å². The molecule has 0 spiro atoms. The summed E-state index contributed by atoms with van der Waals surface area (Å²) in [5, 5.41) is 19.1. The van der Waals surface area contributed by atoms with Crippen molar-refractivity contribution >= 4 is 27.9 Å². The van der Waals surface area contributed by atoms with Gasteiger partial charge in [-0.2, -0.15) is 0 Å². The summed E-state index contributed by atoms with van der Waals surface area (Å²) in [5.74, 6) is 0. The maximum absolute atomic E-state index is 10.6. The molecule has 1 aromatic rings. The van der Waals surface area contributed by atoms with Gasteiger partial charge >= 0.3 is 81.3 Å². The fraction of sp³-hybridized carbons (Fsp3) is 0. The van der Waals surface area contributed by atoms with Crippen molar-refractivity contribution in [2.75, 3.05) is 0 Å². The van der Waals surface area contributed by atoms with Gasteiger partial charge < -0.3 is 0 Å². The summed E-state index contributed by atoms with van der Waals surface area (Å²) >= 11 is -3.56. The second kappa shape index (κ2) is 4.23. The molecule has 1 aromatic carbocycles. The first-order chi connectivity index (χ1) is 6.13. The van der Waals surface area contributed by atoms with Gasteiger partial charge in [-0.25, -0.2) is 0 Å². The van der Waals surface area contributed by atoms with E-state index in [4.69, 9.17) is 5.11 Å². The van der Waals surface area contributed by atoms with E-state index in [0.717, 1.165) is 0 Å². The average molecular weight is 290 g/mol. The summed E-state index contributed by atoms with van der Waals surface area (Å²) < 4.78 is -1.54. The molecule has 0 aliphatic carbocycles. The molecular weight excluding hydrogens is 284 g/mol. The van der Waals surface area contributed by atoms with Crippen LogP contribution in [0.25, 0.3) is 0 Å². The van der Waals surface area contributed by atoms with Crippen LogP contribution < -0.4 is 3.51 Å². The summed E-state index contributed by atoms with van der Waals surface area (Å²) in [6, 6.07) is 7.92. The van der Waals surface area contributed by atoms with E-state index in [-0.39, 0.29) is 0 Å². The Hall–Kier alpha value is -1.09. The average Bonchev–Trinajstić information content (AvgIpc) is 2.04. The van der Waals surface area contributed by atoms with Gasteiger partial charge in [0.2, 0.25) is 0 Å². The predicted octanol–water partition coefficient (Wildman–Crippen LogP) is 0.421. The van der Waals surface area contributed by atoms with Gasteiger partial charge in [0.25, 0.3) is 0 Å². The summed E-state index contributed by atoms with van der Waals surface area (Å²) in [6.07, 6.45) is 0. The molecule has 68 valence electrons. The van der Waals surface area contributed by atoms with Crippen LogP contribution in [0.2, 0.25) is 0 Å². The molecule has 0 aliphatic heterocycles. The first kappa shape index (κ1) is 9.99. The number of rotatable bonds is 3. The molecule has 5 nitrogen and oxygen atoms in total. The van der Waals surface area contributed by atoms with Crippen molar-refractivity contribution < 1.29 is 13.0 Å². The van der Waals surface area contributed by atoms with Crippen molar-refractivity contribution in [2.24, 2.45) is 0 Å². The van der Waals surface area contributed by atoms with E-state index in [0.29, 0.717) is 3.51 Å². The van der Waals surface area contributed by atoms with Crippen molar-refractivity contribution in [1.29, 1.82) is 0 Å². The Morgan fingerprint density at radius 2 is 1.92 bits per heavy atom. The fourth-order valence-corrected chi connectivity index (χ4v) is 3.71. The Morgan fingerprint density at radius 1 is 1.38 bits per heavy atom. The number of nitro groups is 1. The number of carbonyl (C=O) groups is 1. The van der Waals surface area contributed by atoms with Gasteiger partial charge in [0.05, 0.1) is 0 Å². The van der Waals surface area contributed by atoms with Crippen LogP contribution in [0.4, 0.5) is 4.79 Å². The van der Waals surface area contributed by atoms with E-state index >= 15 is 0 Å². The van der Waals surface area contributed by atoms with Gasteiger partial charge in [0.1, 0.15) is 0 Å². The van der Waals surface area contributed by atoms with Crippen LogP contribution in [0.5, 0.6) is 0 Å². The first-order valence-electron chi connectivity index (χ1n) is 3.35. The minimum atomic E-state index is -3.56. The van der Waals surface area contributed by atoms with Gasteiger partial charge in [-0.1, -0.05) is 0 Å². The normalized spacial score (nSPS) is 9.92. The summed E-state index contributed by atoms with van der Waals surface area (Å²) in [7, 11) is 0. The predicted molar refractivity (Wildman–Crippen MR) is 46.8 cm³/mol. The zero-order valence-corrected chi connectivity index (χ0v) is 9.01. The van der Waals surface area contributed by atoms with Crippen LogP contribution >= 0.6 is 0 Å². The molecule has 0 amide bonds. The van der Waals surface area contributed by atoms with Gasteiger partial charge in [-0.3, -0.25) is 0 Å². The molecule has 1 rings (SSSR count). The van der Waals surface area contributed by atoms with Crippen LogP contribution in [0.3, 0.4) is 0 Å². The monoisotopic (exact) mass is 289 g/mol. The maximum atomic E-state index is 10.6. The molecule has 0 atom stereocenters. The Morgan fingerprint density at radius 3 is 2.31 bits per heavy atom. The third kappa shape index (κ3) is 2.42. The Kier molecular flexibility index (Phi) is 3.25. The molecular formula is C7H6NO4Sb. The molecule has 0 unspecified atom stereocenters. The minimum absolute atomic E-state index is 0.364. The van der Waals surface area contributed by atoms with Gasteiger partial charge in [0, 0.05) is 0 Å². The first-order valence-corrected chi connectivity index (χ1v) is 7.05. The van der Waals surface area contributed by atoms with Crippen molar-refractivity contribution in [3.8, 4) is 0 Å². The van der Waals surface area contributed by atoms with E-state index in [1.165, 1.54) is 12.1 Å². The van der Waals surface area contributed by atoms with Crippen molar-refractivity contribution in [2.45, 2.75) is 0 Å². The zero-order chi connectivity index (χ0) is 9.84. The van der Waals surface area contributed by atoms with Gasteiger partial charge in [0.15, 0.2) is 0 Å². The number of benzene rings is 1. The Balaban J connectivity index is 3.03. The van der Waals surface area contributed by atoms with Crippen molar-refractivity contribution in [1.82, 2.24) is 0 Å². The van der Waals surface area contributed by atoms with Crippen LogP contribution in [-0.2, 0) is 0 Å². The van der Waals surface area contributed by atoms with E-state index in [1.54, 1.807) is 18.2 Å². The topological polar surface area (TPSA) is 80.4 Å². The van der Waals surface area contributed by atoms with Gasteiger partial charge in [-0.05, 0) is 0 Å². The Bertz CT molecular complexity index is 313. The molecule has 0 aliphatic rings. The summed E-state index contributed by atoms with van der Waals surface area (Å²) in [4.78, 5) is 21.0. The molecule has 0 aromatic heterocycles. The second-order valence-corrected chi connectivity index (χ2v) is 7.45. The molecule has 13 heavy (non-hydrogen) atoms. The quantitative estimate of drug-likeness (QED) is 0.497. The van der Waals surface area contributed by atoms with Crippen molar-refractivity contribution in [3.05, 3.63) is 40.4 Å². The molecule has 0 heterocycles. The fourth-order valence-electron chi connectivity index (χ4n) is 0.844. The van der Waals surface area contributed by atoms with Gasteiger partial charge in [-0.15, -0.1) is 0 Å². The number of nitrogens with zero attached hydrogens (tertiary/aromatic N) is 1. The number of hydrogen-bond donors (Lipinski definition) is 1. The standard InChI is InChI=1S/C6H5.CHO2.NO2.Sb/c1-2-4-6-5-3-1;2*2-1-3;/h1-5H;(H,2,3);;. The summed E-state index contributed by atoms with van der Waals surface area (Å²) in [6.45, 7) is 0. The summed E-state index contributed by atoms with van der Waals surface area (Å²) in [5.41, 5.74) is 0. The molecule has 1 N–H and O–H groups in total. The second-order valence-electron chi connectivity index (χ2n) is 2.17. The van der Waals surface area contributed by atoms with Crippen LogP contribution in [0.15, 0.2) is 30.3 Å². The van der Waals surface area contributed by atoms with E-state index in [1.807, 2.05) is 0 Å². The molecule has 0 bridgehead atoms. The molecule has 0 saturated heterocycles. The molecule has 0 saturated carbocycles. The molecule has 0 radical (unpaired) electrons. The van der Waals surface area contributed by atoms with Crippen LogP contribution in [0.1, 0.15) is 0 Å². The Labute approximate surface area is 81.5 Å². The molecule has 0 fully saturated rings. The number of carboxylic acid groups (broad SMARTS) is 1. The zero-order valence-electron chi connectivity index (χ0n) is 6.45. The van der Waals surface area contributed by atoms with E-state index in [2.05, 4.69) is 0 Å². The molecule has 6 heteroatoms. The van der Waals surface area contributed by atoms with Crippen LogP contribution in [-0.4, -0.2) is 32.6 Å². The third-order valence-corrected chi connectivity index (χ3v) is 5.56. The SMILES string of the molecule is O=[C](O)[Sb]([c]1ccccc1)[N+](=O)[O-]. The van der Waals surface area contributed by atoms with Crippen molar-refractivity contribution in [3.63, 3.8) is 0 Å². The van der Waals surface area contributed by atoms with E-state index < -0.39 is 27.5 Å². The number of hydrogen-bond acceptors (Lipinski definition) is 3.